The maximum atomic E-state index is 12.1. The number of ether oxygens (including phenoxy) is 1. The van der Waals surface area contributed by atoms with Gasteiger partial charge in [-0.15, -0.1) is 9.24 Å². The minimum atomic E-state index is -0.899. The third-order valence-electron chi connectivity index (χ3n) is 11.9. The Bertz CT molecular complexity index is 1810. The number of amides is 3. The number of hydrogen-bond acceptors (Lipinski definition) is 7. The second-order valence-electron chi connectivity index (χ2n) is 16.4. The summed E-state index contributed by atoms with van der Waals surface area (Å²) in [4.78, 5) is 69.8. The average molecular weight is 982 g/mol. The molecule has 0 radical (unpaired) electrons. The van der Waals surface area contributed by atoms with Crippen LogP contribution in [0.25, 0.3) is 0 Å². The van der Waals surface area contributed by atoms with E-state index in [9.17, 15) is 28.8 Å². The zero-order valence-corrected chi connectivity index (χ0v) is 43.1. The molecule has 0 spiro atoms. The third kappa shape index (κ3) is 23.4. The fourth-order valence-electron chi connectivity index (χ4n) is 8.29. The molecule has 2 saturated carbocycles. The van der Waals surface area contributed by atoms with Gasteiger partial charge < -0.3 is 36.0 Å². The van der Waals surface area contributed by atoms with Crippen LogP contribution in [0.3, 0.4) is 0 Å². The average Bonchev–Trinajstić information content (AvgIpc) is 3.39. The Labute approximate surface area is 411 Å². The SMILES string of the molecule is C1CCOCC1.CC.CP.O=C(O)C1CC=CCC1C(=O)NCc1ccccc1.O=C(O)C1CCCCC1C(=O)NCc1ccccc1.O=C(O)C1CCCCC1C(=O)NCc1ccccc1.P.[HH]. The van der Waals surface area contributed by atoms with E-state index in [1.807, 2.05) is 124 Å². The molecule has 3 aromatic rings. The number of carbonyl (C=O) groups is 6. The number of carbonyl (C=O) groups excluding carboxylic acids is 3. The van der Waals surface area contributed by atoms with Gasteiger partial charge in [-0.05, 0) is 74.5 Å². The first-order valence-corrected chi connectivity index (χ1v) is 25.1. The molecular weight excluding hydrogens is 901 g/mol. The lowest BCUT2D eigenvalue weighted by atomic mass is 9.78. The van der Waals surface area contributed by atoms with Gasteiger partial charge in [0.05, 0.1) is 35.5 Å². The Balaban J connectivity index is 0.000000901. The Hall–Kier alpha value is -4.96. The van der Waals surface area contributed by atoms with Gasteiger partial charge in [0.15, 0.2) is 0 Å². The van der Waals surface area contributed by atoms with Gasteiger partial charge in [0.25, 0.3) is 0 Å². The summed E-state index contributed by atoms with van der Waals surface area (Å²) in [6, 6.07) is 28.9. The molecule has 6 N–H and O–H groups in total. The van der Waals surface area contributed by atoms with Crippen molar-refractivity contribution in [3.63, 3.8) is 0 Å². The van der Waals surface area contributed by atoms with Crippen LogP contribution in [0.1, 0.15) is 115 Å². The van der Waals surface area contributed by atoms with E-state index in [0.717, 1.165) is 55.6 Å². The van der Waals surface area contributed by atoms with Gasteiger partial charge in [-0.1, -0.05) is 149 Å². The van der Waals surface area contributed by atoms with Crippen LogP contribution in [0.2, 0.25) is 0 Å². The van der Waals surface area contributed by atoms with Crippen LogP contribution in [0.4, 0.5) is 0 Å². The molecule has 15 heteroatoms. The Kier molecular flexibility index (Phi) is 33.2. The van der Waals surface area contributed by atoms with Gasteiger partial charge in [0.1, 0.15) is 0 Å². The molecule has 3 aromatic carbocycles. The Morgan fingerprint density at radius 3 is 1.04 bits per heavy atom. The lowest BCUT2D eigenvalue weighted by Crippen LogP contribution is -2.39. The molecule has 378 valence electrons. The maximum absolute atomic E-state index is 12.1. The highest BCUT2D eigenvalue weighted by molar-refractivity contribution is 7.15. The molecule has 3 amide bonds. The minimum absolute atomic E-state index is 0. The zero-order chi connectivity index (χ0) is 49.2. The summed E-state index contributed by atoms with van der Waals surface area (Å²) in [6.07, 6.45) is 14.8. The normalized spacial score (nSPS) is 21.1. The summed E-state index contributed by atoms with van der Waals surface area (Å²) in [5, 5.41) is 36.0. The van der Waals surface area contributed by atoms with Gasteiger partial charge in [-0.3, -0.25) is 28.8 Å². The monoisotopic (exact) mass is 982 g/mol. The Morgan fingerprint density at radius 2 is 0.765 bits per heavy atom. The lowest BCUT2D eigenvalue weighted by Gasteiger charge is -2.27. The van der Waals surface area contributed by atoms with Crippen LogP contribution in [-0.4, -0.2) is 70.8 Å². The first-order chi connectivity index (χ1) is 32.5. The highest BCUT2D eigenvalue weighted by Crippen LogP contribution is 2.32. The van der Waals surface area contributed by atoms with Crippen molar-refractivity contribution < 1.29 is 50.3 Å². The number of carboxylic acid groups (broad SMARTS) is 3. The molecule has 13 nitrogen and oxygen atoms in total. The number of hydrogen-bond donors (Lipinski definition) is 6. The molecule has 8 unspecified atom stereocenters. The van der Waals surface area contributed by atoms with Gasteiger partial charge in [-0.25, -0.2) is 0 Å². The van der Waals surface area contributed by atoms with Crippen molar-refractivity contribution in [3.8, 4) is 0 Å². The topological polar surface area (TPSA) is 208 Å². The van der Waals surface area contributed by atoms with Crippen LogP contribution in [-0.2, 0) is 53.1 Å². The minimum Gasteiger partial charge on any atom is -0.481 e. The van der Waals surface area contributed by atoms with Crippen LogP contribution < -0.4 is 16.0 Å². The van der Waals surface area contributed by atoms with E-state index < -0.39 is 41.6 Å². The van der Waals surface area contributed by atoms with Crippen molar-refractivity contribution in [2.45, 2.75) is 117 Å². The van der Waals surface area contributed by atoms with Gasteiger partial charge >= 0.3 is 17.9 Å². The zero-order valence-electron chi connectivity index (χ0n) is 40.5. The summed E-state index contributed by atoms with van der Waals surface area (Å²) in [5.74, 6) is -5.92. The van der Waals surface area contributed by atoms with E-state index in [2.05, 4.69) is 25.2 Å². The lowest BCUT2D eigenvalue weighted by molar-refractivity contribution is -0.149. The van der Waals surface area contributed by atoms with E-state index in [1.54, 1.807) is 0 Å². The first-order valence-electron chi connectivity index (χ1n) is 24.0. The van der Waals surface area contributed by atoms with E-state index in [1.165, 1.54) is 19.3 Å². The van der Waals surface area contributed by atoms with Gasteiger partial charge in [0, 0.05) is 34.3 Å². The molecule has 3 fully saturated rings. The number of nitrogens with one attached hydrogen (secondary N) is 3. The standard InChI is InChI=1S/2C15H19NO3.C15H17NO3.C5H10O.C2H6.CH5P.H3P.H2/c3*17-14(16-10-11-6-2-1-3-7-11)12-8-4-5-9-13(12)15(18)19;1-2-4-6-5-3-1;2*1-2;;/h2*1-3,6-7,12-13H,4-5,8-10H2,(H,16,17)(H,18,19);1-7,12-13H,8-10H2,(H,16,17)(H,18,19);1-5H2;1-2H3;2H2,1H3;1H3;1H. The highest BCUT2D eigenvalue weighted by Gasteiger charge is 2.37. The van der Waals surface area contributed by atoms with Crippen LogP contribution in [0.5, 0.6) is 0 Å². The molecule has 4 aliphatic rings. The summed E-state index contributed by atoms with van der Waals surface area (Å²) < 4.78 is 5.07. The summed E-state index contributed by atoms with van der Waals surface area (Å²) in [5.41, 5.74) is 3.06. The van der Waals surface area contributed by atoms with E-state index in [0.29, 0.717) is 58.2 Å². The van der Waals surface area contributed by atoms with E-state index >= 15 is 0 Å². The van der Waals surface area contributed by atoms with E-state index in [4.69, 9.17) is 20.1 Å². The third-order valence-corrected chi connectivity index (χ3v) is 11.9. The molecule has 0 bridgehead atoms. The first kappa shape index (κ1) is 61.1. The molecule has 0 aromatic heterocycles. The van der Waals surface area contributed by atoms with Crippen molar-refractivity contribution in [3.05, 3.63) is 120 Å². The smallest absolute Gasteiger partial charge is 0.307 e. The number of carboxylic acids is 3. The van der Waals surface area contributed by atoms with Gasteiger partial charge in [0.2, 0.25) is 17.7 Å². The summed E-state index contributed by atoms with van der Waals surface area (Å²) >= 11 is 0. The molecule has 7 rings (SSSR count). The predicted molar refractivity (Wildman–Crippen MR) is 279 cm³/mol. The summed E-state index contributed by atoms with van der Waals surface area (Å²) in [6.45, 7) is 9.28. The molecule has 8 atom stereocenters. The van der Waals surface area contributed by atoms with Crippen molar-refractivity contribution in [2.75, 3.05) is 19.9 Å². The number of allylic oxidation sites excluding steroid dienone is 2. The molecular formula is C53H81N3O10P2. The van der Waals surface area contributed by atoms with Crippen molar-refractivity contribution in [2.24, 2.45) is 35.5 Å². The second kappa shape index (κ2) is 37.0. The quantitative estimate of drug-likeness (QED) is 0.0749. The second-order valence-corrected chi connectivity index (χ2v) is 16.4. The molecule has 1 aliphatic heterocycles. The summed E-state index contributed by atoms with van der Waals surface area (Å²) in [7, 11) is 2.42. The highest BCUT2D eigenvalue weighted by atomic mass is 31.0. The van der Waals surface area contributed by atoms with Crippen molar-refractivity contribution in [1.29, 1.82) is 0 Å². The van der Waals surface area contributed by atoms with Crippen molar-refractivity contribution >= 4 is 54.8 Å². The maximum Gasteiger partial charge on any atom is 0.307 e. The Morgan fingerprint density at radius 1 is 0.471 bits per heavy atom. The fraction of sp³-hybridized carbons (Fsp3) is 0.509. The van der Waals surface area contributed by atoms with E-state index in [-0.39, 0.29) is 40.9 Å². The van der Waals surface area contributed by atoms with Crippen LogP contribution in [0, 0.1) is 35.5 Å². The van der Waals surface area contributed by atoms with Crippen molar-refractivity contribution in [1.82, 2.24) is 16.0 Å². The van der Waals surface area contributed by atoms with Crippen LogP contribution in [0.15, 0.2) is 103 Å². The predicted octanol–water partition coefficient (Wildman–Crippen LogP) is 9.37. The molecule has 1 heterocycles. The fourth-order valence-corrected chi connectivity index (χ4v) is 8.29. The largest absolute Gasteiger partial charge is 0.481 e. The number of rotatable bonds is 12. The molecule has 3 aliphatic carbocycles. The number of benzene rings is 3. The van der Waals surface area contributed by atoms with Crippen LogP contribution >= 0.6 is 19.1 Å². The molecule has 68 heavy (non-hydrogen) atoms. The molecule has 1 saturated heterocycles. The number of aliphatic carboxylic acids is 3. The van der Waals surface area contributed by atoms with Gasteiger partial charge in [-0.2, -0.15) is 9.90 Å².